The van der Waals surface area contributed by atoms with Gasteiger partial charge in [0, 0.05) is 10.0 Å². The molecule has 0 fully saturated rings. The Kier molecular flexibility index (Phi) is 9.78. The maximum Gasteiger partial charge on any atom is 0.344 e. The van der Waals surface area contributed by atoms with Crippen LogP contribution in [0.15, 0.2) is 36.4 Å². The van der Waals surface area contributed by atoms with Gasteiger partial charge in [0.15, 0.2) is 12.2 Å². The molecule has 8 heteroatoms. The summed E-state index contributed by atoms with van der Waals surface area (Å²) in [6.07, 6.45) is -1.27. The Morgan fingerprint density at radius 3 is 1.72 bits per heavy atom. The van der Waals surface area contributed by atoms with Crippen molar-refractivity contribution in [2.75, 3.05) is 0 Å². The zero-order chi connectivity index (χ0) is 22.1. The lowest BCUT2D eigenvalue weighted by Crippen LogP contribution is -2.26. The molecule has 2 aromatic carbocycles. The molecular formula is C21H24Cl2O6. The molecule has 2 N–H and O–H groups in total. The van der Waals surface area contributed by atoms with E-state index in [2.05, 4.69) is 0 Å². The number of carbonyl (C=O) groups is 2. The van der Waals surface area contributed by atoms with E-state index in [0.717, 1.165) is 11.1 Å². The van der Waals surface area contributed by atoms with Gasteiger partial charge >= 0.3 is 11.9 Å². The first-order valence-corrected chi connectivity index (χ1v) is 9.62. The van der Waals surface area contributed by atoms with Crippen molar-refractivity contribution in [3.8, 4) is 11.5 Å². The first kappa shape index (κ1) is 24.6. The van der Waals surface area contributed by atoms with Crippen molar-refractivity contribution in [2.24, 2.45) is 0 Å². The van der Waals surface area contributed by atoms with Gasteiger partial charge in [0.25, 0.3) is 0 Å². The van der Waals surface area contributed by atoms with Crippen LogP contribution in [0.2, 0.25) is 10.0 Å². The van der Waals surface area contributed by atoms with Crippen molar-refractivity contribution in [3.05, 3.63) is 57.6 Å². The van der Waals surface area contributed by atoms with Gasteiger partial charge < -0.3 is 19.7 Å². The Labute approximate surface area is 180 Å². The number of halogens is 2. The molecule has 2 aromatic rings. The second kappa shape index (κ2) is 11.5. The molecule has 0 bridgehead atoms. The Morgan fingerprint density at radius 1 is 0.897 bits per heavy atom. The number of hydrogen-bond donors (Lipinski definition) is 2. The van der Waals surface area contributed by atoms with E-state index in [4.69, 9.17) is 42.9 Å². The van der Waals surface area contributed by atoms with Crippen LogP contribution in [0.3, 0.4) is 0 Å². The van der Waals surface area contributed by atoms with E-state index >= 15 is 0 Å². The number of aryl methyl sites for hydroxylation is 2. The number of benzene rings is 2. The molecule has 0 heterocycles. The van der Waals surface area contributed by atoms with E-state index in [-0.39, 0.29) is 0 Å². The molecular weight excluding hydrogens is 419 g/mol. The van der Waals surface area contributed by atoms with Crippen LogP contribution in [0, 0.1) is 13.8 Å². The van der Waals surface area contributed by atoms with Crippen molar-refractivity contribution in [2.45, 2.75) is 46.3 Å². The average Bonchev–Trinajstić information content (AvgIpc) is 2.65. The third kappa shape index (κ3) is 8.21. The minimum atomic E-state index is -0.996. The van der Waals surface area contributed by atoms with Gasteiger partial charge in [0.05, 0.1) is 0 Å². The van der Waals surface area contributed by atoms with E-state index in [0.29, 0.717) is 28.0 Å². The molecule has 0 saturated carbocycles. The molecule has 6 nitrogen and oxygen atoms in total. The third-order valence-corrected chi connectivity index (χ3v) is 4.34. The van der Waals surface area contributed by atoms with Gasteiger partial charge in [-0.1, -0.05) is 42.3 Å². The van der Waals surface area contributed by atoms with Crippen LogP contribution in [-0.2, 0) is 9.59 Å². The summed E-state index contributed by atoms with van der Waals surface area (Å²) in [6.45, 7) is 6.92. The number of hydrogen-bond acceptors (Lipinski definition) is 4. The highest BCUT2D eigenvalue weighted by Crippen LogP contribution is 2.24. The van der Waals surface area contributed by atoms with E-state index < -0.39 is 24.1 Å². The second-order valence-electron chi connectivity index (χ2n) is 6.27. The van der Waals surface area contributed by atoms with Gasteiger partial charge in [-0.2, -0.15) is 0 Å². The summed E-state index contributed by atoms with van der Waals surface area (Å²) in [7, 11) is 0. The summed E-state index contributed by atoms with van der Waals surface area (Å²) in [4.78, 5) is 21.3. The lowest BCUT2D eigenvalue weighted by Gasteiger charge is -2.15. The molecule has 0 saturated heterocycles. The lowest BCUT2D eigenvalue weighted by molar-refractivity contribution is -0.145. The first-order valence-electron chi connectivity index (χ1n) is 8.86. The van der Waals surface area contributed by atoms with Crippen molar-refractivity contribution in [1.29, 1.82) is 0 Å². The normalized spacial score (nSPS) is 12.2. The number of carboxylic acids is 2. The number of aliphatic carboxylic acids is 2. The Bertz CT molecular complexity index is 853. The predicted octanol–water partition coefficient (Wildman–Crippen LogP) is 5.39. The van der Waals surface area contributed by atoms with Crippen LogP contribution in [0.25, 0.3) is 0 Å². The van der Waals surface area contributed by atoms with Crippen LogP contribution >= 0.6 is 23.2 Å². The molecule has 2 atom stereocenters. The molecule has 1 unspecified atom stereocenters. The molecule has 0 aliphatic rings. The average molecular weight is 443 g/mol. The number of carboxylic acid groups (broad SMARTS) is 2. The summed E-state index contributed by atoms with van der Waals surface area (Å²) in [5.41, 5.74) is 1.74. The van der Waals surface area contributed by atoms with Crippen molar-refractivity contribution < 1.29 is 29.3 Å². The molecule has 2 rings (SSSR count). The fourth-order valence-electron chi connectivity index (χ4n) is 2.10. The third-order valence-electron chi connectivity index (χ3n) is 3.87. The lowest BCUT2D eigenvalue weighted by atomic mass is 10.2. The quantitative estimate of drug-likeness (QED) is 0.596. The Hall–Kier alpha value is -2.44. The maximum atomic E-state index is 10.8. The van der Waals surface area contributed by atoms with Crippen LogP contribution < -0.4 is 9.47 Å². The molecule has 0 aromatic heterocycles. The van der Waals surface area contributed by atoms with Gasteiger partial charge in [0.1, 0.15) is 11.5 Å². The molecule has 0 aliphatic heterocycles. The molecule has 29 heavy (non-hydrogen) atoms. The molecule has 158 valence electrons. The smallest absolute Gasteiger partial charge is 0.344 e. The van der Waals surface area contributed by atoms with Crippen molar-refractivity contribution in [3.63, 3.8) is 0 Å². The summed E-state index contributed by atoms with van der Waals surface area (Å²) in [5.74, 6) is -0.926. The number of rotatable bonds is 7. The molecule has 0 spiro atoms. The van der Waals surface area contributed by atoms with E-state index in [1.54, 1.807) is 43.3 Å². The fourth-order valence-corrected chi connectivity index (χ4v) is 2.43. The molecule has 0 amide bonds. The monoisotopic (exact) mass is 442 g/mol. The Balaban J connectivity index is 0.000000291. The highest BCUT2D eigenvalue weighted by Gasteiger charge is 2.17. The predicted molar refractivity (Wildman–Crippen MR) is 112 cm³/mol. The highest BCUT2D eigenvalue weighted by molar-refractivity contribution is 6.31. The van der Waals surface area contributed by atoms with Crippen LogP contribution in [0.5, 0.6) is 11.5 Å². The van der Waals surface area contributed by atoms with Crippen molar-refractivity contribution in [1.82, 2.24) is 0 Å². The van der Waals surface area contributed by atoms with Crippen LogP contribution in [0.1, 0.15) is 31.4 Å². The summed E-state index contributed by atoms with van der Waals surface area (Å²) >= 11 is 11.5. The van der Waals surface area contributed by atoms with Gasteiger partial charge in [-0.15, -0.1) is 0 Å². The second-order valence-corrected chi connectivity index (χ2v) is 7.14. The molecule has 0 radical (unpaired) electrons. The minimum absolute atomic E-state index is 0.418. The SMILES string of the molecule is CC[C@@H](Oc1cc(Cl)ccc1C)C(=O)O.Cc1ccc(Cl)cc1OC(C)C(=O)O. The van der Waals surface area contributed by atoms with Crippen molar-refractivity contribution >= 4 is 35.1 Å². The minimum Gasteiger partial charge on any atom is -0.479 e. The number of ether oxygens (including phenoxy) is 2. The zero-order valence-electron chi connectivity index (χ0n) is 16.6. The summed E-state index contributed by atoms with van der Waals surface area (Å²) < 4.78 is 10.6. The fraction of sp³-hybridized carbons (Fsp3) is 0.333. The van der Waals surface area contributed by atoms with Crippen LogP contribution in [-0.4, -0.2) is 34.4 Å². The van der Waals surface area contributed by atoms with Gasteiger partial charge in [-0.25, -0.2) is 9.59 Å². The van der Waals surface area contributed by atoms with Gasteiger partial charge in [-0.3, -0.25) is 0 Å². The first-order chi connectivity index (χ1) is 13.5. The van der Waals surface area contributed by atoms with Gasteiger partial charge in [-0.05, 0) is 62.6 Å². The highest BCUT2D eigenvalue weighted by atomic mass is 35.5. The van der Waals surface area contributed by atoms with Gasteiger partial charge in [0.2, 0.25) is 0 Å². The zero-order valence-corrected chi connectivity index (χ0v) is 18.1. The van der Waals surface area contributed by atoms with Crippen LogP contribution in [0.4, 0.5) is 0 Å². The summed E-state index contributed by atoms with van der Waals surface area (Å²) in [5, 5.41) is 18.6. The summed E-state index contributed by atoms with van der Waals surface area (Å²) in [6, 6.07) is 10.3. The standard InChI is InChI=1S/C11H13ClO3.C10H11ClO3/c1-3-9(11(13)14)15-10-6-8(12)5-4-7(10)2;1-6-3-4-8(11)5-9(6)14-7(2)10(12)13/h4-6,9H,3H2,1-2H3,(H,13,14);3-5,7H,1-2H3,(H,12,13)/t9-;/m1./s1. The largest absolute Gasteiger partial charge is 0.479 e. The topological polar surface area (TPSA) is 93.1 Å². The van der Waals surface area contributed by atoms with E-state index in [9.17, 15) is 9.59 Å². The maximum absolute atomic E-state index is 10.8. The Morgan fingerprint density at radius 2 is 1.34 bits per heavy atom. The van der Waals surface area contributed by atoms with E-state index in [1.807, 2.05) is 13.8 Å². The molecule has 0 aliphatic carbocycles. The van der Waals surface area contributed by atoms with E-state index in [1.165, 1.54) is 6.92 Å².